The van der Waals surface area contributed by atoms with E-state index in [2.05, 4.69) is 0 Å². The Bertz CT molecular complexity index is 529. The van der Waals surface area contributed by atoms with Crippen molar-refractivity contribution in [3.05, 3.63) is 23.8 Å². The van der Waals surface area contributed by atoms with Crippen LogP contribution in [0, 0.1) is 6.92 Å². The molecule has 0 fully saturated rings. The van der Waals surface area contributed by atoms with Gasteiger partial charge in [0.25, 0.3) is 0 Å². The molecule has 0 saturated heterocycles. The molecule has 0 saturated carbocycles. The standard InChI is InChI=1S/C13H22N2O3S/c1-5-15(11(3)9-18-4)19(16,17)12-6-7-13(14)10(2)8-12/h6-8,11H,5,9,14H2,1-4H3. The van der Waals surface area contributed by atoms with E-state index in [1.54, 1.807) is 32.2 Å². The van der Waals surface area contributed by atoms with E-state index in [9.17, 15) is 8.42 Å². The molecule has 1 aromatic carbocycles. The van der Waals surface area contributed by atoms with Gasteiger partial charge >= 0.3 is 0 Å². The van der Waals surface area contributed by atoms with Crippen LogP contribution in [0.2, 0.25) is 0 Å². The van der Waals surface area contributed by atoms with Gasteiger partial charge in [-0.1, -0.05) is 6.92 Å². The molecule has 1 atom stereocenters. The first-order valence-corrected chi connectivity index (χ1v) is 7.65. The van der Waals surface area contributed by atoms with Crippen molar-refractivity contribution in [1.29, 1.82) is 0 Å². The number of methoxy groups -OCH3 is 1. The Morgan fingerprint density at radius 1 is 1.42 bits per heavy atom. The second-order valence-electron chi connectivity index (χ2n) is 4.53. The average Bonchev–Trinajstić information content (AvgIpc) is 2.33. The molecular formula is C13H22N2O3S. The molecule has 0 radical (unpaired) electrons. The van der Waals surface area contributed by atoms with Crippen LogP contribution in [0.25, 0.3) is 0 Å². The van der Waals surface area contributed by atoms with Gasteiger partial charge in [0.05, 0.1) is 11.5 Å². The number of ether oxygens (including phenoxy) is 1. The molecule has 6 heteroatoms. The van der Waals surface area contributed by atoms with Crippen molar-refractivity contribution >= 4 is 15.7 Å². The van der Waals surface area contributed by atoms with E-state index in [0.717, 1.165) is 5.56 Å². The normalized spacial score (nSPS) is 13.7. The summed E-state index contributed by atoms with van der Waals surface area (Å²) in [4.78, 5) is 0.268. The van der Waals surface area contributed by atoms with Gasteiger partial charge in [-0.3, -0.25) is 0 Å². The predicted molar refractivity (Wildman–Crippen MR) is 76.5 cm³/mol. The molecule has 0 spiro atoms. The van der Waals surface area contributed by atoms with Crippen LogP contribution in [-0.2, 0) is 14.8 Å². The van der Waals surface area contributed by atoms with Gasteiger partial charge in [-0.15, -0.1) is 0 Å². The van der Waals surface area contributed by atoms with Gasteiger partial charge in [0.1, 0.15) is 0 Å². The van der Waals surface area contributed by atoms with Gasteiger partial charge in [-0.2, -0.15) is 4.31 Å². The minimum Gasteiger partial charge on any atom is -0.399 e. The Kier molecular flexibility index (Phi) is 5.34. The van der Waals surface area contributed by atoms with Crippen molar-refractivity contribution in [1.82, 2.24) is 4.31 Å². The molecular weight excluding hydrogens is 264 g/mol. The molecule has 0 aliphatic carbocycles. The van der Waals surface area contributed by atoms with Crippen molar-refractivity contribution in [2.24, 2.45) is 0 Å². The first-order valence-electron chi connectivity index (χ1n) is 6.21. The van der Waals surface area contributed by atoms with Crippen molar-refractivity contribution in [2.45, 2.75) is 31.7 Å². The van der Waals surface area contributed by atoms with Gasteiger partial charge in [-0.05, 0) is 37.6 Å². The lowest BCUT2D eigenvalue weighted by molar-refractivity contribution is 0.142. The number of benzene rings is 1. The fraction of sp³-hybridized carbons (Fsp3) is 0.538. The minimum atomic E-state index is -3.51. The summed E-state index contributed by atoms with van der Waals surface area (Å²) in [5.74, 6) is 0. The zero-order chi connectivity index (χ0) is 14.6. The van der Waals surface area contributed by atoms with Crippen LogP contribution in [0.4, 0.5) is 5.69 Å². The van der Waals surface area contributed by atoms with Gasteiger partial charge < -0.3 is 10.5 Å². The van der Waals surface area contributed by atoms with E-state index in [4.69, 9.17) is 10.5 Å². The van der Waals surface area contributed by atoms with Gasteiger partial charge in [-0.25, -0.2) is 8.42 Å². The fourth-order valence-corrected chi connectivity index (χ4v) is 3.70. The predicted octanol–water partition coefficient (Wildman–Crippen LogP) is 1.62. The summed E-state index contributed by atoms with van der Waals surface area (Å²) in [6.45, 7) is 6.20. The zero-order valence-corrected chi connectivity index (χ0v) is 12.7. The smallest absolute Gasteiger partial charge is 0.243 e. The molecule has 0 bridgehead atoms. The lowest BCUT2D eigenvalue weighted by atomic mass is 10.2. The number of anilines is 1. The second-order valence-corrected chi connectivity index (χ2v) is 6.42. The van der Waals surface area contributed by atoms with Gasteiger partial charge in [0.15, 0.2) is 0 Å². The van der Waals surface area contributed by atoms with Crippen molar-refractivity contribution < 1.29 is 13.2 Å². The Hall–Kier alpha value is -1.11. The Morgan fingerprint density at radius 3 is 2.53 bits per heavy atom. The number of nitrogen functional groups attached to an aromatic ring is 1. The fourth-order valence-electron chi connectivity index (χ4n) is 1.99. The van der Waals surface area contributed by atoms with Crippen LogP contribution in [0.5, 0.6) is 0 Å². The van der Waals surface area contributed by atoms with Crippen molar-refractivity contribution in [3.8, 4) is 0 Å². The quantitative estimate of drug-likeness (QED) is 0.807. The van der Waals surface area contributed by atoms with E-state index >= 15 is 0 Å². The van der Waals surface area contributed by atoms with Crippen LogP contribution >= 0.6 is 0 Å². The van der Waals surface area contributed by atoms with Gasteiger partial charge in [0.2, 0.25) is 10.0 Å². The molecule has 0 aliphatic rings. The molecule has 5 nitrogen and oxygen atoms in total. The van der Waals surface area contributed by atoms with E-state index in [0.29, 0.717) is 18.8 Å². The Balaban J connectivity index is 3.16. The molecule has 1 aromatic rings. The summed E-state index contributed by atoms with van der Waals surface area (Å²) < 4.78 is 31.6. The zero-order valence-electron chi connectivity index (χ0n) is 11.9. The molecule has 2 N–H and O–H groups in total. The number of aryl methyl sites for hydroxylation is 1. The maximum atomic E-state index is 12.6. The number of nitrogens with zero attached hydrogens (tertiary/aromatic N) is 1. The van der Waals surface area contributed by atoms with E-state index < -0.39 is 10.0 Å². The van der Waals surface area contributed by atoms with E-state index in [-0.39, 0.29) is 10.9 Å². The lowest BCUT2D eigenvalue weighted by Crippen LogP contribution is -2.40. The van der Waals surface area contributed by atoms with E-state index in [1.807, 2.05) is 13.8 Å². The van der Waals surface area contributed by atoms with E-state index in [1.165, 1.54) is 4.31 Å². The van der Waals surface area contributed by atoms with Crippen LogP contribution in [0.3, 0.4) is 0 Å². The molecule has 0 aromatic heterocycles. The van der Waals surface area contributed by atoms with Crippen LogP contribution in [0.15, 0.2) is 23.1 Å². The highest BCUT2D eigenvalue weighted by Gasteiger charge is 2.27. The Morgan fingerprint density at radius 2 is 2.05 bits per heavy atom. The summed E-state index contributed by atoms with van der Waals surface area (Å²) in [6, 6.07) is 4.56. The van der Waals surface area contributed by atoms with Crippen LogP contribution in [-0.4, -0.2) is 39.0 Å². The second kappa shape index (κ2) is 6.36. The highest BCUT2D eigenvalue weighted by molar-refractivity contribution is 7.89. The number of hydrogen-bond acceptors (Lipinski definition) is 4. The maximum Gasteiger partial charge on any atom is 0.243 e. The highest BCUT2D eigenvalue weighted by atomic mass is 32.2. The first-order chi connectivity index (χ1) is 8.84. The molecule has 19 heavy (non-hydrogen) atoms. The minimum absolute atomic E-state index is 0.210. The average molecular weight is 286 g/mol. The Labute approximate surface area is 115 Å². The largest absolute Gasteiger partial charge is 0.399 e. The maximum absolute atomic E-state index is 12.6. The third kappa shape index (κ3) is 3.46. The van der Waals surface area contributed by atoms with Gasteiger partial charge in [0, 0.05) is 25.4 Å². The molecule has 0 amide bonds. The summed E-state index contributed by atoms with van der Waals surface area (Å²) >= 11 is 0. The topological polar surface area (TPSA) is 72.6 Å². The molecule has 0 aliphatic heterocycles. The first kappa shape index (κ1) is 15.9. The number of sulfonamides is 1. The molecule has 1 unspecified atom stereocenters. The number of hydrogen-bond donors (Lipinski definition) is 1. The third-order valence-corrected chi connectivity index (χ3v) is 5.14. The number of likely N-dealkylation sites (N-methyl/N-ethyl adjacent to an activating group) is 1. The van der Waals surface area contributed by atoms with Crippen molar-refractivity contribution in [2.75, 3.05) is 26.0 Å². The number of nitrogens with two attached hydrogens (primary N) is 1. The highest BCUT2D eigenvalue weighted by Crippen LogP contribution is 2.22. The lowest BCUT2D eigenvalue weighted by Gasteiger charge is -2.26. The summed E-state index contributed by atoms with van der Waals surface area (Å²) in [6.07, 6.45) is 0. The third-order valence-electron chi connectivity index (χ3n) is 3.06. The number of rotatable bonds is 6. The summed E-state index contributed by atoms with van der Waals surface area (Å²) in [7, 11) is -1.95. The van der Waals surface area contributed by atoms with Crippen molar-refractivity contribution in [3.63, 3.8) is 0 Å². The summed E-state index contributed by atoms with van der Waals surface area (Å²) in [5, 5.41) is 0. The molecule has 0 heterocycles. The SMILES string of the molecule is CCN(C(C)COC)S(=O)(=O)c1ccc(N)c(C)c1. The van der Waals surface area contributed by atoms with Crippen LogP contribution in [0.1, 0.15) is 19.4 Å². The molecule has 1 rings (SSSR count). The summed E-state index contributed by atoms with van der Waals surface area (Å²) in [5.41, 5.74) is 7.07. The van der Waals surface area contributed by atoms with Crippen LogP contribution < -0.4 is 5.73 Å². The molecule has 108 valence electrons. The monoisotopic (exact) mass is 286 g/mol.